The summed E-state index contributed by atoms with van der Waals surface area (Å²) in [7, 11) is 0. The summed E-state index contributed by atoms with van der Waals surface area (Å²) < 4.78 is 5.20. The van der Waals surface area contributed by atoms with Crippen molar-refractivity contribution in [2.75, 3.05) is 26.3 Å². The van der Waals surface area contributed by atoms with Gasteiger partial charge in [0.2, 0.25) is 5.91 Å². The minimum Gasteiger partial charge on any atom is -0.481 e. The molecule has 1 atom stereocenters. The quantitative estimate of drug-likeness (QED) is 0.727. The van der Waals surface area contributed by atoms with Gasteiger partial charge in [0.15, 0.2) is 0 Å². The zero-order valence-electron chi connectivity index (χ0n) is 11.0. The lowest BCUT2D eigenvalue weighted by Gasteiger charge is -2.37. The van der Waals surface area contributed by atoms with Crippen LogP contribution in [0.2, 0.25) is 0 Å². The lowest BCUT2D eigenvalue weighted by Crippen LogP contribution is -2.58. The van der Waals surface area contributed by atoms with Crippen molar-refractivity contribution in [1.29, 1.82) is 0 Å². The van der Waals surface area contributed by atoms with Crippen molar-refractivity contribution in [1.82, 2.24) is 4.90 Å². The zero-order valence-corrected chi connectivity index (χ0v) is 11.0. The summed E-state index contributed by atoms with van der Waals surface area (Å²) in [6.45, 7) is 5.05. The van der Waals surface area contributed by atoms with Crippen LogP contribution in [0.3, 0.4) is 0 Å². The Bertz CT molecular complexity index is 313. The Morgan fingerprint density at radius 3 is 2.44 bits per heavy atom. The summed E-state index contributed by atoms with van der Waals surface area (Å²) in [4.78, 5) is 24.7. The summed E-state index contributed by atoms with van der Waals surface area (Å²) in [5.41, 5.74) is 5.22. The SMILES string of the molecule is CCN(CC(C)C(=O)O)C(=O)C1(N)CCOCC1. The molecule has 1 amide bonds. The number of rotatable bonds is 5. The summed E-state index contributed by atoms with van der Waals surface area (Å²) in [6.07, 6.45) is 0.980. The van der Waals surface area contributed by atoms with Gasteiger partial charge in [0.25, 0.3) is 0 Å². The molecule has 1 unspecified atom stereocenters. The van der Waals surface area contributed by atoms with Crippen LogP contribution in [0.15, 0.2) is 0 Å². The second-order valence-electron chi connectivity index (χ2n) is 4.85. The molecule has 6 nitrogen and oxygen atoms in total. The minimum absolute atomic E-state index is 0.165. The number of ether oxygens (including phenoxy) is 1. The molecule has 1 aliphatic heterocycles. The van der Waals surface area contributed by atoms with Gasteiger partial charge in [-0.05, 0) is 19.8 Å². The number of likely N-dealkylation sites (N-methyl/N-ethyl adjacent to an activating group) is 1. The van der Waals surface area contributed by atoms with Crippen LogP contribution in [0, 0.1) is 5.92 Å². The van der Waals surface area contributed by atoms with Crippen LogP contribution in [-0.2, 0) is 14.3 Å². The van der Waals surface area contributed by atoms with Gasteiger partial charge in [-0.1, -0.05) is 6.92 Å². The molecule has 104 valence electrons. The number of aliphatic carboxylic acids is 1. The first-order chi connectivity index (χ1) is 8.40. The minimum atomic E-state index is -0.903. The number of nitrogens with two attached hydrogens (primary N) is 1. The molecule has 0 aromatic rings. The van der Waals surface area contributed by atoms with E-state index in [0.717, 1.165) is 0 Å². The number of carbonyl (C=O) groups excluding carboxylic acids is 1. The maximum absolute atomic E-state index is 12.4. The average Bonchev–Trinajstić information content (AvgIpc) is 2.35. The number of carboxylic acid groups (broad SMARTS) is 1. The third kappa shape index (κ3) is 3.43. The van der Waals surface area contributed by atoms with Crippen molar-refractivity contribution in [3.05, 3.63) is 0 Å². The highest BCUT2D eigenvalue weighted by atomic mass is 16.5. The van der Waals surface area contributed by atoms with E-state index in [-0.39, 0.29) is 12.5 Å². The number of hydrogen-bond acceptors (Lipinski definition) is 4. The monoisotopic (exact) mass is 258 g/mol. The van der Waals surface area contributed by atoms with E-state index in [1.165, 1.54) is 4.90 Å². The molecule has 0 spiro atoms. The molecule has 1 saturated heterocycles. The van der Waals surface area contributed by atoms with Gasteiger partial charge in [-0.15, -0.1) is 0 Å². The van der Waals surface area contributed by atoms with Crippen molar-refractivity contribution in [2.45, 2.75) is 32.2 Å². The largest absolute Gasteiger partial charge is 0.481 e. The van der Waals surface area contributed by atoms with Gasteiger partial charge in [-0.2, -0.15) is 0 Å². The van der Waals surface area contributed by atoms with E-state index >= 15 is 0 Å². The summed E-state index contributed by atoms with van der Waals surface area (Å²) in [5, 5.41) is 8.89. The van der Waals surface area contributed by atoms with Gasteiger partial charge in [-0.25, -0.2) is 0 Å². The number of nitrogens with zero attached hydrogens (tertiary/aromatic N) is 1. The summed E-state index contributed by atoms with van der Waals surface area (Å²) in [5.74, 6) is -1.65. The van der Waals surface area contributed by atoms with Crippen molar-refractivity contribution in [2.24, 2.45) is 11.7 Å². The predicted octanol–water partition coefficient (Wildman–Crippen LogP) is 0.0635. The lowest BCUT2D eigenvalue weighted by molar-refractivity contribution is -0.145. The highest BCUT2D eigenvalue weighted by molar-refractivity contribution is 5.86. The van der Waals surface area contributed by atoms with Crippen LogP contribution in [0.25, 0.3) is 0 Å². The molecule has 1 rings (SSSR count). The van der Waals surface area contributed by atoms with Crippen LogP contribution >= 0.6 is 0 Å². The second-order valence-corrected chi connectivity index (χ2v) is 4.85. The standard InChI is InChI=1S/C12H22N2O4/c1-3-14(8-9(2)10(15)16)11(17)12(13)4-6-18-7-5-12/h9H,3-8,13H2,1-2H3,(H,15,16). The molecule has 0 radical (unpaired) electrons. The van der Waals surface area contributed by atoms with E-state index in [1.807, 2.05) is 6.92 Å². The first-order valence-electron chi connectivity index (χ1n) is 6.29. The number of carboxylic acids is 1. The third-order valence-corrected chi connectivity index (χ3v) is 3.40. The molecule has 6 heteroatoms. The van der Waals surface area contributed by atoms with Gasteiger partial charge in [0.1, 0.15) is 0 Å². The molecular weight excluding hydrogens is 236 g/mol. The fourth-order valence-corrected chi connectivity index (χ4v) is 2.03. The van der Waals surface area contributed by atoms with Crippen LogP contribution in [0.5, 0.6) is 0 Å². The molecule has 0 saturated carbocycles. The first-order valence-corrected chi connectivity index (χ1v) is 6.29. The smallest absolute Gasteiger partial charge is 0.308 e. The van der Waals surface area contributed by atoms with Gasteiger partial charge in [-0.3, -0.25) is 9.59 Å². The Labute approximate surface area is 107 Å². The Kier molecular flexibility index (Phi) is 5.10. The normalized spacial score (nSPS) is 20.2. The Balaban J connectivity index is 2.69. The molecule has 3 N–H and O–H groups in total. The zero-order chi connectivity index (χ0) is 13.8. The molecule has 18 heavy (non-hydrogen) atoms. The molecular formula is C12H22N2O4. The maximum Gasteiger partial charge on any atom is 0.308 e. The van der Waals surface area contributed by atoms with Crippen LogP contribution in [-0.4, -0.2) is 53.7 Å². The summed E-state index contributed by atoms with van der Waals surface area (Å²) >= 11 is 0. The van der Waals surface area contributed by atoms with E-state index in [2.05, 4.69) is 0 Å². The highest BCUT2D eigenvalue weighted by Crippen LogP contribution is 2.21. The third-order valence-electron chi connectivity index (χ3n) is 3.40. The predicted molar refractivity (Wildman–Crippen MR) is 66.0 cm³/mol. The Morgan fingerprint density at radius 2 is 2.00 bits per heavy atom. The second kappa shape index (κ2) is 6.15. The van der Waals surface area contributed by atoms with Crippen LogP contribution in [0.4, 0.5) is 0 Å². The van der Waals surface area contributed by atoms with Crippen molar-refractivity contribution in [3.63, 3.8) is 0 Å². The number of hydrogen-bond donors (Lipinski definition) is 2. The van der Waals surface area contributed by atoms with Gasteiger partial charge < -0.3 is 20.5 Å². The fourth-order valence-electron chi connectivity index (χ4n) is 2.03. The lowest BCUT2D eigenvalue weighted by atomic mass is 9.89. The molecule has 0 aromatic carbocycles. The molecule has 0 aromatic heterocycles. The van der Waals surface area contributed by atoms with E-state index in [9.17, 15) is 9.59 Å². The summed E-state index contributed by atoms with van der Waals surface area (Å²) in [6, 6.07) is 0. The highest BCUT2D eigenvalue weighted by Gasteiger charge is 2.39. The number of carbonyl (C=O) groups is 2. The molecule has 1 heterocycles. The Hall–Kier alpha value is -1.14. The van der Waals surface area contributed by atoms with E-state index in [1.54, 1.807) is 6.92 Å². The first kappa shape index (κ1) is 14.9. The molecule has 1 aliphatic rings. The topological polar surface area (TPSA) is 92.9 Å². The average molecular weight is 258 g/mol. The Morgan fingerprint density at radius 1 is 1.44 bits per heavy atom. The maximum atomic E-state index is 12.4. The van der Waals surface area contributed by atoms with Crippen molar-refractivity contribution in [3.8, 4) is 0 Å². The fraction of sp³-hybridized carbons (Fsp3) is 0.833. The van der Waals surface area contributed by atoms with Gasteiger partial charge >= 0.3 is 5.97 Å². The van der Waals surface area contributed by atoms with Gasteiger partial charge in [0.05, 0.1) is 11.5 Å². The van der Waals surface area contributed by atoms with Crippen LogP contribution < -0.4 is 5.73 Å². The van der Waals surface area contributed by atoms with Crippen molar-refractivity contribution < 1.29 is 19.4 Å². The molecule has 1 fully saturated rings. The van der Waals surface area contributed by atoms with Gasteiger partial charge in [0, 0.05) is 26.3 Å². The molecule has 0 bridgehead atoms. The van der Waals surface area contributed by atoms with Crippen LogP contribution in [0.1, 0.15) is 26.7 Å². The van der Waals surface area contributed by atoms with Crippen molar-refractivity contribution >= 4 is 11.9 Å². The number of amides is 1. The molecule has 0 aliphatic carbocycles. The van der Waals surface area contributed by atoms with E-state index in [0.29, 0.717) is 32.6 Å². The van der Waals surface area contributed by atoms with E-state index < -0.39 is 17.4 Å². The van der Waals surface area contributed by atoms with E-state index in [4.69, 9.17) is 15.6 Å².